The van der Waals surface area contributed by atoms with Crippen molar-refractivity contribution in [1.82, 2.24) is 19.4 Å². The number of likely N-dealkylation sites (tertiary alicyclic amines) is 1. The fraction of sp³-hybridized carbons (Fsp3) is 0.625. The molecule has 0 amide bonds. The Hall–Kier alpha value is -1.13. The van der Waals surface area contributed by atoms with Crippen LogP contribution in [0.4, 0.5) is 0 Å². The van der Waals surface area contributed by atoms with E-state index in [1.807, 2.05) is 12.3 Å². The summed E-state index contributed by atoms with van der Waals surface area (Å²) in [4.78, 5) is 11.7. The highest BCUT2D eigenvalue weighted by molar-refractivity contribution is 6.16. The summed E-state index contributed by atoms with van der Waals surface area (Å²) < 4.78 is 2.24. The maximum atomic E-state index is 6.10. The van der Waals surface area contributed by atoms with Gasteiger partial charge in [-0.2, -0.15) is 0 Å². The number of aryl methyl sites for hydroxylation is 1. The summed E-state index contributed by atoms with van der Waals surface area (Å²) in [5, 5.41) is 0. The molecule has 0 spiro atoms. The van der Waals surface area contributed by atoms with E-state index in [4.69, 9.17) is 11.6 Å². The van der Waals surface area contributed by atoms with Gasteiger partial charge in [-0.3, -0.25) is 0 Å². The number of fused-ring (bicyclic) bond motifs is 1. The molecule has 0 aliphatic carbocycles. The molecule has 0 atom stereocenters. The molecule has 1 aliphatic rings. The summed E-state index contributed by atoms with van der Waals surface area (Å²) in [6.45, 7) is 8.88. The zero-order chi connectivity index (χ0) is 14.8. The van der Waals surface area contributed by atoms with Gasteiger partial charge in [-0.25, -0.2) is 9.97 Å². The van der Waals surface area contributed by atoms with E-state index in [-0.39, 0.29) is 0 Å². The van der Waals surface area contributed by atoms with Crippen molar-refractivity contribution in [2.75, 3.05) is 19.6 Å². The Bertz CT molecular complexity index is 614. The number of nitrogens with zero attached hydrogens (tertiary/aromatic N) is 4. The summed E-state index contributed by atoms with van der Waals surface area (Å²) in [5.74, 6) is 2.10. The first-order valence-electron chi connectivity index (χ1n) is 7.82. The van der Waals surface area contributed by atoms with E-state index >= 15 is 0 Å². The van der Waals surface area contributed by atoms with Crippen molar-refractivity contribution in [3.63, 3.8) is 0 Å². The second-order valence-electron chi connectivity index (χ2n) is 5.95. The minimum Gasteiger partial charge on any atom is -0.311 e. The van der Waals surface area contributed by atoms with Gasteiger partial charge in [0.1, 0.15) is 11.3 Å². The predicted molar refractivity (Wildman–Crippen MR) is 86.7 cm³/mol. The predicted octanol–water partition coefficient (Wildman–Crippen LogP) is 3.21. The van der Waals surface area contributed by atoms with Crippen LogP contribution in [0.5, 0.6) is 0 Å². The first-order chi connectivity index (χ1) is 10.2. The van der Waals surface area contributed by atoms with E-state index in [2.05, 4.69) is 33.3 Å². The Morgan fingerprint density at radius 3 is 2.76 bits per heavy atom. The van der Waals surface area contributed by atoms with Crippen molar-refractivity contribution in [3.8, 4) is 0 Å². The Morgan fingerprint density at radius 1 is 1.33 bits per heavy atom. The van der Waals surface area contributed by atoms with Crippen LogP contribution in [0.25, 0.3) is 11.2 Å². The lowest BCUT2D eigenvalue weighted by atomic mass is 9.96. The highest BCUT2D eigenvalue weighted by atomic mass is 35.5. The van der Waals surface area contributed by atoms with Gasteiger partial charge in [-0.05, 0) is 56.9 Å². The summed E-state index contributed by atoms with van der Waals surface area (Å²) in [6.07, 6.45) is 4.37. The number of pyridine rings is 1. The number of imidazole rings is 1. The lowest BCUT2D eigenvalue weighted by molar-refractivity contribution is 0.181. The van der Waals surface area contributed by atoms with Crippen molar-refractivity contribution in [3.05, 3.63) is 23.7 Å². The van der Waals surface area contributed by atoms with Crippen LogP contribution in [0.1, 0.15) is 31.2 Å². The summed E-state index contributed by atoms with van der Waals surface area (Å²) in [6, 6.07) is 2.01. The molecule has 3 rings (SSSR count). The average Bonchev–Trinajstić information content (AvgIpc) is 2.87. The Labute approximate surface area is 131 Å². The van der Waals surface area contributed by atoms with Crippen molar-refractivity contribution < 1.29 is 0 Å². The maximum absolute atomic E-state index is 6.10. The van der Waals surface area contributed by atoms with E-state index in [0.717, 1.165) is 30.1 Å². The van der Waals surface area contributed by atoms with Crippen LogP contribution < -0.4 is 0 Å². The van der Waals surface area contributed by atoms with Crippen LogP contribution in [0.2, 0.25) is 0 Å². The van der Waals surface area contributed by atoms with Crippen molar-refractivity contribution in [2.24, 2.45) is 5.92 Å². The molecule has 5 heteroatoms. The van der Waals surface area contributed by atoms with Gasteiger partial charge in [0.2, 0.25) is 0 Å². The van der Waals surface area contributed by atoms with Crippen LogP contribution in [0, 0.1) is 12.8 Å². The Kier molecular flexibility index (Phi) is 4.45. The molecular formula is C16H23ClN4. The van der Waals surface area contributed by atoms with Gasteiger partial charge in [0.25, 0.3) is 0 Å². The number of hydrogen-bond donors (Lipinski definition) is 0. The molecule has 4 nitrogen and oxygen atoms in total. The van der Waals surface area contributed by atoms with Crippen LogP contribution in [-0.2, 0) is 12.4 Å². The normalized spacial score (nSPS) is 17.7. The second kappa shape index (κ2) is 6.32. The molecule has 114 valence electrons. The molecular weight excluding hydrogens is 284 g/mol. The molecule has 0 aromatic carbocycles. The fourth-order valence-corrected chi connectivity index (χ4v) is 3.42. The monoisotopic (exact) mass is 306 g/mol. The topological polar surface area (TPSA) is 34.0 Å². The molecule has 3 heterocycles. The minimum absolute atomic E-state index is 0.448. The number of aromatic nitrogens is 3. The molecule has 1 saturated heterocycles. The third-order valence-electron chi connectivity index (χ3n) is 4.63. The molecule has 0 N–H and O–H groups in total. The highest BCUT2D eigenvalue weighted by Gasteiger charge is 2.21. The molecule has 1 fully saturated rings. The standard InChI is InChI=1S/C16H23ClN4/c1-3-20-8-5-13(6-9-20)11-21-14(10-17)19-15-12(2)4-7-18-16(15)21/h4,7,13H,3,5-6,8-11H2,1-2H3. The second-order valence-corrected chi connectivity index (χ2v) is 6.22. The van der Waals surface area contributed by atoms with Gasteiger partial charge in [0, 0.05) is 12.7 Å². The van der Waals surface area contributed by atoms with E-state index < -0.39 is 0 Å². The SMILES string of the molecule is CCN1CCC(Cn2c(CCl)nc3c(C)ccnc32)CC1. The van der Waals surface area contributed by atoms with E-state index in [0.29, 0.717) is 11.8 Å². The number of hydrogen-bond acceptors (Lipinski definition) is 3. The number of piperidine rings is 1. The highest BCUT2D eigenvalue weighted by Crippen LogP contribution is 2.24. The van der Waals surface area contributed by atoms with Gasteiger partial charge in [0.15, 0.2) is 5.65 Å². The molecule has 0 bridgehead atoms. The van der Waals surface area contributed by atoms with Gasteiger partial charge < -0.3 is 9.47 Å². The first kappa shape index (κ1) is 14.8. The fourth-order valence-electron chi connectivity index (χ4n) is 3.22. The number of alkyl halides is 1. The molecule has 0 radical (unpaired) electrons. The third-order valence-corrected chi connectivity index (χ3v) is 4.87. The van der Waals surface area contributed by atoms with Gasteiger partial charge in [0.05, 0.1) is 5.88 Å². The third kappa shape index (κ3) is 2.92. The molecule has 2 aromatic heterocycles. The summed E-state index contributed by atoms with van der Waals surface area (Å²) in [7, 11) is 0. The zero-order valence-electron chi connectivity index (χ0n) is 12.8. The van der Waals surface area contributed by atoms with Gasteiger partial charge in [-0.15, -0.1) is 11.6 Å². The Morgan fingerprint density at radius 2 is 2.10 bits per heavy atom. The van der Waals surface area contributed by atoms with Crippen LogP contribution in [0.3, 0.4) is 0 Å². The van der Waals surface area contributed by atoms with Crippen molar-refractivity contribution >= 4 is 22.8 Å². The maximum Gasteiger partial charge on any atom is 0.160 e. The number of halogens is 1. The quantitative estimate of drug-likeness (QED) is 0.813. The van der Waals surface area contributed by atoms with E-state index in [9.17, 15) is 0 Å². The zero-order valence-corrected chi connectivity index (χ0v) is 13.6. The average molecular weight is 307 g/mol. The lowest BCUT2D eigenvalue weighted by Gasteiger charge is -2.31. The molecule has 21 heavy (non-hydrogen) atoms. The van der Waals surface area contributed by atoms with Crippen LogP contribution >= 0.6 is 11.6 Å². The van der Waals surface area contributed by atoms with Crippen LogP contribution in [-0.4, -0.2) is 39.1 Å². The molecule has 2 aromatic rings. The molecule has 0 unspecified atom stereocenters. The van der Waals surface area contributed by atoms with E-state index in [1.54, 1.807) is 0 Å². The van der Waals surface area contributed by atoms with Crippen molar-refractivity contribution in [1.29, 1.82) is 0 Å². The molecule has 1 aliphatic heterocycles. The summed E-state index contributed by atoms with van der Waals surface area (Å²) >= 11 is 6.10. The van der Waals surface area contributed by atoms with Crippen molar-refractivity contribution in [2.45, 2.75) is 39.1 Å². The van der Waals surface area contributed by atoms with E-state index in [1.165, 1.54) is 31.5 Å². The smallest absolute Gasteiger partial charge is 0.160 e. The largest absolute Gasteiger partial charge is 0.311 e. The lowest BCUT2D eigenvalue weighted by Crippen LogP contribution is -2.34. The molecule has 0 saturated carbocycles. The van der Waals surface area contributed by atoms with Gasteiger partial charge >= 0.3 is 0 Å². The number of rotatable bonds is 4. The van der Waals surface area contributed by atoms with Gasteiger partial charge in [-0.1, -0.05) is 6.92 Å². The first-order valence-corrected chi connectivity index (χ1v) is 8.35. The minimum atomic E-state index is 0.448. The van der Waals surface area contributed by atoms with Crippen LogP contribution in [0.15, 0.2) is 12.3 Å². The summed E-state index contributed by atoms with van der Waals surface area (Å²) in [5.41, 5.74) is 3.16. The Balaban J connectivity index is 1.85.